The molecule has 3 aliphatic heterocycles. The Morgan fingerprint density at radius 1 is 0.986 bits per heavy atom. The summed E-state index contributed by atoms with van der Waals surface area (Å²) in [6.45, 7) is 18.5. The minimum atomic E-state index is -2.71. The van der Waals surface area contributed by atoms with E-state index >= 15 is 0 Å². The molecule has 396 valence electrons. The van der Waals surface area contributed by atoms with Gasteiger partial charge >= 0.3 is 0 Å². The van der Waals surface area contributed by atoms with Gasteiger partial charge in [0.25, 0.3) is 12.3 Å². The maximum atomic E-state index is 14.8. The van der Waals surface area contributed by atoms with Crippen LogP contribution < -0.4 is 20.9 Å². The first-order chi connectivity index (χ1) is 35.2. The summed E-state index contributed by atoms with van der Waals surface area (Å²) < 4.78 is 31.8. The van der Waals surface area contributed by atoms with Gasteiger partial charge in [0.2, 0.25) is 11.9 Å². The van der Waals surface area contributed by atoms with Crippen LogP contribution in [0.1, 0.15) is 156 Å². The minimum Gasteiger partial charge on any atom is -0.508 e. The Morgan fingerprint density at radius 2 is 1.66 bits per heavy atom. The second kappa shape index (κ2) is 22.4. The molecule has 2 amide bonds. The van der Waals surface area contributed by atoms with Gasteiger partial charge in [0.05, 0.1) is 28.7 Å². The molecule has 0 spiro atoms. The Bertz CT molecular complexity index is 2770. The number of aromatic hydroxyl groups is 1. The van der Waals surface area contributed by atoms with Crippen LogP contribution in [0.3, 0.4) is 0 Å². The van der Waals surface area contributed by atoms with Crippen molar-refractivity contribution in [2.75, 3.05) is 43.0 Å². The van der Waals surface area contributed by atoms with Gasteiger partial charge in [-0.05, 0) is 124 Å². The fraction of sp³-hybridized carbons (Fsp3) is 0.554. The van der Waals surface area contributed by atoms with Gasteiger partial charge in [-0.25, -0.2) is 18.7 Å². The molecule has 5 aliphatic rings. The van der Waals surface area contributed by atoms with Crippen molar-refractivity contribution in [3.8, 4) is 11.8 Å². The number of anilines is 3. The lowest BCUT2D eigenvalue weighted by Crippen LogP contribution is -2.63. The van der Waals surface area contributed by atoms with Crippen LogP contribution in [0.5, 0.6) is 5.75 Å². The lowest BCUT2D eigenvalue weighted by molar-refractivity contribution is -0.129. The standard InChI is InChI=1S/C49H69F2N11O2.C7H4ClNO/c1-30(2)61(36-15-19-58(20-16-36)47-54-26-34(27-55-47)45(64)56-46-48(4,5)29-49(46,6)7)35-11-13-37(14-12-35)62-41-17-21-59(31(3)63)28-40(41)44(57-62)60-18-9-10-32-22-38(33(24-52)25-53-8)39(43(50)51)23-42(32)60;8-7-3-6(10)2-1-5(7)4-9/h22-27,30,35-37,43,46H,9-21,28-29,52H2,1-8H3,(H,56,64);1-3,10H/b33-24+,53-25?;. The fourth-order valence-electron chi connectivity index (χ4n) is 13.1. The van der Waals surface area contributed by atoms with Gasteiger partial charge in [0.1, 0.15) is 11.8 Å². The number of piperidine rings is 1. The van der Waals surface area contributed by atoms with Gasteiger partial charge in [-0.15, -0.1) is 0 Å². The Hall–Kier alpha value is -6.12. The highest BCUT2D eigenvalue weighted by Crippen LogP contribution is 2.53. The molecule has 0 unspecified atom stereocenters. The summed E-state index contributed by atoms with van der Waals surface area (Å²) in [6.07, 6.45) is 13.0. The van der Waals surface area contributed by atoms with E-state index in [0.717, 1.165) is 99.2 Å². The molecular formula is C56H73ClF2N12O3. The molecule has 4 N–H and O–H groups in total. The van der Waals surface area contributed by atoms with Crippen molar-refractivity contribution in [1.82, 2.24) is 34.9 Å². The first kappa shape index (κ1) is 54.2. The number of aryl methyl sites for hydroxylation is 1. The van der Waals surface area contributed by atoms with Crippen LogP contribution in [0.25, 0.3) is 5.57 Å². The molecule has 15 nitrogen and oxygen atoms in total. The SMILES string of the molecule is CN=C/C(=C\N)c1cc2c(cc1C(F)F)N(c1nn(C3CCC(N(C(C)C)C4CCN(c5ncc(C(=O)NC6C(C)(C)CC6(C)C)cn5)CC4)CC3)c3c1CN(C(C)=O)CC3)CCC2.N#Cc1ccc(O)cc1Cl. The molecule has 9 rings (SSSR count). The maximum Gasteiger partial charge on any atom is 0.264 e. The van der Waals surface area contributed by atoms with Crippen LogP contribution in [-0.4, -0.2) is 110 Å². The number of carbonyl (C=O) groups excluding carboxylic acids is 2. The van der Waals surface area contributed by atoms with Crippen LogP contribution in [0.4, 0.5) is 26.2 Å². The highest BCUT2D eigenvalue weighted by Gasteiger charge is 2.53. The molecule has 4 aromatic rings. The number of alkyl halides is 2. The number of hydrogen-bond donors (Lipinski definition) is 3. The number of phenolic OH excluding ortho intramolecular Hbond substituents is 1. The molecule has 0 atom stereocenters. The Kier molecular flexibility index (Phi) is 16.4. The van der Waals surface area contributed by atoms with E-state index in [-0.39, 0.29) is 51.1 Å². The van der Waals surface area contributed by atoms with E-state index in [2.05, 4.69) is 81.2 Å². The summed E-state index contributed by atoms with van der Waals surface area (Å²) in [5, 5.41) is 26.2. The smallest absolute Gasteiger partial charge is 0.264 e. The number of carbonyl (C=O) groups is 2. The third kappa shape index (κ3) is 11.3. The third-order valence-electron chi connectivity index (χ3n) is 16.1. The summed E-state index contributed by atoms with van der Waals surface area (Å²) in [5.74, 6) is 1.44. The van der Waals surface area contributed by atoms with Crippen molar-refractivity contribution in [2.45, 2.75) is 156 Å². The number of nitriles is 1. The summed E-state index contributed by atoms with van der Waals surface area (Å²) in [5.41, 5.74) is 11.6. The lowest BCUT2D eigenvalue weighted by atomic mass is 9.52. The number of hydrogen-bond acceptors (Lipinski definition) is 12. The monoisotopic (exact) mass is 1030 g/mol. The predicted octanol–water partition coefficient (Wildman–Crippen LogP) is 9.93. The molecule has 0 radical (unpaired) electrons. The van der Waals surface area contributed by atoms with E-state index in [9.17, 15) is 18.4 Å². The van der Waals surface area contributed by atoms with E-state index in [1.165, 1.54) is 30.6 Å². The highest BCUT2D eigenvalue weighted by atomic mass is 35.5. The number of rotatable bonds is 11. The van der Waals surface area contributed by atoms with Crippen molar-refractivity contribution in [3.05, 3.63) is 93.0 Å². The largest absolute Gasteiger partial charge is 0.508 e. The molecule has 0 bridgehead atoms. The van der Waals surface area contributed by atoms with E-state index in [1.807, 2.05) is 17.0 Å². The molecule has 2 aromatic carbocycles. The van der Waals surface area contributed by atoms with Crippen LogP contribution in [0.15, 0.2) is 53.9 Å². The second-order valence-corrected chi connectivity index (χ2v) is 22.8. The number of allylic oxidation sites excluding steroid dienone is 1. The normalized spacial score (nSPS) is 21.0. The van der Waals surface area contributed by atoms with Crippen molar-refractivity contribution >= 4 is 52.7 Å². The summed E-state index contributed by atoms with van der Waals surface area (Å²) in [4.78, 5) is 48.3. The van der Waals surface area contributed by atoms with Gasteiger partial charge in [0, 0.05) is 124 Å². The molecule has 2 aliphatic carbocycles. The fourth-order valence-corrected chi connectivity index (χ4v) is 13.3. The molecular weight excluding hydrogens is 962 g/mol. The number of aromatic nitrogens is 4. The molecule has 3 fully saturated rings. The zero-order valence-electron chi connectivity index (χ0n) is 44.2. The topological polar surface area (TPSA) is 185 Å². The number of amides is 2. The van der Waals surface area contributed by atoms with Gasteiger partial charge in [0.15, 0.2) is 5.82 Å². The van der Waals surface area contributed by atoms with Crippen molar-refractivity contribution < 1.29 is 23.5 Å². The summed E-state index contributed by atoms with van der Waals surface area (Å²) >= 11 is 5.55. The first-order valence-corrected chi connectivity index (χ1v) is 26.6. The third-order valence-corrected chi connectivity index (χ3v) is 16.4. The lowest BCUT2D eigenvalue weighted by Gasteiger charge is -2.57. The van der Waals surface area contributed by atoms with Crippen molar-refractivity contribution in [3.63, 3.8) is 0 Å². The Morgan fingerprint density at radius 3 is 2.24 bits per heavy atom. The second-order valence-electron chi connectivity index (χ2n) is 22.3. The number of benzene rings is 2. The van der Waals surface area contributed by atoms with E-state index in [0.29, 0.717) is 72.4 Å². The first-order valence-electron chi connectivity index (χ1n) is 26.2. The number of nitrogens with zero attached hydrogens (tertiary/aromatic N) is 10. The quantitative estimate of drug-likeness (QED) is 0.122. The Balaban J connectivity index is 0.000000653. The minimum absolute atomic E-state index is 0.0225. The molecule has 1 saturated heterocycles. The van der Waals surface area contributed by atoms with Crippen LogP contribution in [-0.2, 0) is 24.2 Å². The molecule has 74 heavy (non-hydrogen) atoms. The van der Waals surface area contributed by atoms with Gasteiger partial charge in [-0.2, -0.15) is 10.4 Å². The number of fused-ring (bicyclic) bond motifs is 2. The van der Waals surface area contributed by atoms with Crippen molar-refractivity contribution in [2.24, 2.45) is 21.6 Å². The molecule has 5 heterocycles. The zero-order chi connectivity index (χ0) is 53.2. The van der Waals surface area contributed by atoms with Crippen LogP contribution in [0.2, 0.25) is 5.02 Å². The average molecular weight is 1040 g/mol. The zero-order valence-corrected chi connectivity index (χ0v) is 45.0. The summed E-state index contributed by atoms with van der Waals surface area (Å²) in [7, 11) is 1.60. The molecule has 2 saturated carbocycles. The number of halogens is 3. The molecule has 2 aromatic heterocycles. The van der Waals surface area contributed by atoms with Crippen LogP contribution >= 0.6 is 11.6 Å². The van der Waals surface area contributed by atoms with Crippen molar-refractivity contribution in [1.29, 1.82) is 5.26 Å². The summed E-state index contributed by atoms with van der Waals surface area (Å²) in [6, 6.07) is 11.2. The maximum absolute atomic E-state index is 14.8. The molecule has 18 heteroatoms. The van der Waals surface area contributed by atoms with E-state index in [1.54, 1.807) is 32.4 Å². The van der Waals surface area contributed by atoms with E-state index < -0.39 is 6.43 Å². The number of aliphatic imine (C=N–C) groups is 1. The van der Waals surface area contributed by atoms with Gasteiger partial charge in [-0.1, -0.05) is 39.3 Å². The number of nitrogens with one attached hydrogen (secondary N) is 1. The van der Waals surface area contributed by atoms with E-state index in [4.69, 9.17) is 32.8 Å². The number of nitrogens with two attached hydrogens (primary N) is 1. The van der Waals surface area contributed by atoms with Gasteiger partial charge in [-0.3, -0.25) is 24.2 Å². The average Bonchev–Trinajstić information content (AvgIpc) is 3.75. The predicted molar refractivity (Wildman–Crippen MR) is 287 cm³/mol. The van der Waals surface area contributed by atoms with Crippen LogP contribution in [0, 0.1) is 22.2 Å². The Labute approximate surface area is 439 Å². The number of phenols is 1. The van der Waals surface area contributed by atoms with Gasteiger partial charge < -0.3 is 30.9 Å². The highest BCUT2D eigenvalue weighted by molar-refractivity contribution is 6.31.